The topological polar surface area (TPSA) is 110 Å². The van der Waals surface area contributed by atoms with Crippen molar-refractivity contribution >= 4 is 18.4 Å². The van der Waals surface area contributed by atoms with Crippen LogP contribution < -0.4 is 4.74 Å². The van der Waals surface area contributed by atoms with Gasteiger partial charge in [0.25, 0.3) is 10.1 Å². The van der Waals surface area contributed by atoms with Gasteiger partial charge in [-0.2, -0.15) is 8.42 Å². The second-order valence-electron chi connectivity index (χ2n) is 5.38. The molecular formula is C16H17FO7PS+. The van der Waals surface area contributed by atoms with E-state index in [1.165, 1.54) is 24.3 Å². The van der Waals surface area contributed by atoms with Crippen LogP contribution in [-0.2, 0) is 25.6 Å². The van der Waals surface area contributed by atoms with E-state index in [2.05, 4.69) is 4.52 Å². The van der Waals surface area contributed by atoms with Gasteiger partial charge in [-0.15, -0.1) is 4.89 Å². The summed E-state index contributed by atoms with van der Waals surface area (Å²) in [6.45, 7) is 0. The van der Waals surface area contributed by atoms with E-state index >= 15 is 0 Å². The first-order valence-electron chi connectivity index (χ1n) is 7.55. The standard InChI is InChI=1S/C16H16FO7PS/c17-13-7-9-14(10-8-13)23-15-5-1-3-12(11-15)4-2-6-16(24-25(18)19)26(20,21)22/h1,3,5,7-11,16H,2,4,6H2,(H-,18,19,20,21,22)/p+1. The Morgan fingerprint density at radius 3 is 2.42 bits per heavy atom. The van der Waals surface area contributed by atoms with Gasteiger partial charge in [0.05, 0.1) is 0 Å². The van der Waals surface area contributed by atoms with Crippen molar-refractivity contribution in [2.75, 3.05) is 0 Å². The number of hydrogen-bond donors (Lipinski definition) is 2. The molecule has 0 aromatic heterocycles. The SMILES string of the molecule is O=[P+](O)OC(CCCc1cccc(Oc2ccc(F)cc2)c1)S(=O)(=O)O. The molecule has 0 radical (unpaired) electrons. The molecule has 2 N–H and O–H groups in total. The van der Waals surface area contributed by atoms with Crippen molar-refractivity contribution in [1.29, 1.82) is 0 Å². The van der Waals surface area contributed by atoms with E-state index in [1.807, 2.05) is 0 Å². The van der Waals surface area contributed by atoms with Crippen molar-refractivity contribution in [2.24, 2.45) is 0 Å². The first kappa shape index (κ1) is 20.4. The number of benzene rings is 2. The molecule has 26 heavy (non-hydrogen) atoms. The highest BCUT2D eigenvalue weighted by atomic mass is 32.2. The van der Waals surface area contributed by atoms with E-state index in [1.54, 1.807) is 24.3 Å². The van der Waals surface area contributed by atoms with Gasteiger partial charge in [-0.3, -0.25) is 4.55 Å². The summed E-state index contributed by atoms with van der Waals surface area (Å²) in [4.78, 5) is 8.67. The third-order valence-corrected chi connectivity index (χ3v) is 4.97. The van der Waals surface area contributed by atoms with Gasteiger partial charge in [0.15, 0.2) is 0 Å². The Morgan fingerprint density at radius 1 is 1.12 bits per heavy atom. The van der Waals surface area contributed by atoms with Gasteiger partial charge in [-0.1, -0.05) is 16.7 Å². The van der Waals surface area contributed by atoms with Crippen LogP contribution in [0.5, 0.6) is 11.5 Å². The summed E-state index contributed by atoms with van der Waals surface area (Å²) in [6.07, 6.45) is 0.565. The molecule has 10 heteroatoms. The van der Waals surface area contributed by atoms with Crippen LogP contribution in [0.15, 0.2) is 48.5 Å². The molecule has 140 valence electrons. The maximum Gasteiger partial charge on any atom is 0.696 e. The van der Waals surface area contributed by atoms with Gasteiger partial charge in [-0.05, 0) is 61.2 Å². The molecule has 0 saturated heterocycles. The van der Waals surface area contributed by atoms with Crippen LogP contribution in [0.25, 0.3) is 0 Å². The molecule has 0 aliphatic heterocycles. The zero-order valence-electron chi connectivity index (χ0n) is 13.5. The number of halogens is 1. The minimum absolute atomic E-state index is 0.149. The summed E-state index contributed by atoms with van der Waals surface area (Å²) >= 11 is 0. The molecule has 0 aliphatic carbocycles. The Morgan fingerprint density at radius 2 is 1.81 bits per heavy atom. The maximum absolute atomic E-state index is 12.9. The predicted octanol–water partition coefficient (Wildman–Crippen LogP) is 3.82. The summed E-state index contributed by atoms with van der Waals surface area (Å²) in [5.41, 5.74) is -0.929. The van der Waals surface area contributed by atoms with Crippen LogP contribution in [0.2, 0.25) is 0 Å². The van der Waals surface area contributed by atoms with Crippen molar-refractivity contribution in [3.8, 4) is 11.5 Å². The molecule has 0 saturated carbocycles. The van der Waals surface area contributed by atoms with Crippen LogP contribution in [0.1, 0.15) is 18.4 Å². The fraction of sp³-hybridized carbons (Fsp3) is 0.250. The lowest BCUT2D eigenvalue weighted by atomic mass is 10.1. The molecule has 0 spiro atoms. The zero-order valence-corrected chi connectivity index (χ0v) is 15.2. The molecule has 0 fully saturated rings. The average Bonchev–Trinajstić information content (AvgIpc) is 2.55. The molecule has 0 bridgehead atoms. The van der Waals surface area contributed by atoms with Crippen LogP contribution in [0.3, 0.4) is 0 Å². The highest BCUT2D eigenvalue weighted by molar-refractivity contribution is 7.86. The first-order valence-corrected chi connectivity index (χ1v) is 10.2. The van der Waals surface area contributed by atoms with E-state index < -0.39 is 23.8 Å². The minimum atomic E-state index is -4.59. The molecule has 2 aromatic rings. The lowest BCUT2D eigenvalue weighted by Gasteiger charge is -2.09. The van der Waals surface area contributed by atoms with Gasteiger partial charge in [-0.25, -0.2) is 4.39 Å². The monoisotopic (exact) mass is 403 g/mol. The first-order chi connectivity index (χ1) is 12.2. The van der Waals surface area contributed by atoms with E-state index in [-0.39, 0.29) is 18.7 Å². The summed E-state index contributed by atoms with van der Waals surface area (Å²) in [6, 6.07) is 12.5. The second kappa shape index (κ2) is 9.16. The number of aryl methyl sites for hydroxylation is 1. The third-order valence-electron chi connectivity index (χ3n) is 3.39. The molecule has 0 aliphatic rings. The molecular weight excluding hydrogens is 386 g/mol. The maximum atomic E-state index is 12.9. The van der Waals surface area contributed by atoms with E-state index in [9.17, 15) is 17.4 Å². The van der Waals surface area contributed by atoms with E-state index in [0.717, 1.165) is 5.56 Å². The Hall–Kier alpha value is -1.90. The van der Waals surface area contributed by atoms with Crippen molar-refractivity contribution in [2.45, 2.75) is 24.7 Å². The molecule has 2 rings (SSSR count). The second-order valence-corrected chi connectivity index (χ2v) is 7.63. The van der Waals surface area contributed by atoms with Crippen molar-refractivity contribution in [1.82, 2.24) is 0 Å². The van der Waals surface area contributed by atoms with Crippen LogP contribution in [-0.4, -0.2) is 23.3 Å². The Balaban J connectivity index is 1.95. The molecule has 0 amide bonds. The molecule has 2 aromatic carbocycles. The summed E-state index contributed by atoms with van der Waals surface area (Å²) in [5.74, 6) is 0.622. The van der Waals surface area contributed by atoms with Gasteiger partial charge >= 0.3 is 8.25 Å². The normalized spacial score (nSPS) is 13.3. The lowest BCUT2D eigenvalue weighted by molar-refractivity contribution is 0.225. The summed E-state index contributed by atoms with van der Waals surface area (Å²) in [5, 5.41) is 0. The van der Waals surface area contributed by atoms with Crippen LogP contribution in [0, 0.1) is 5.82 Å². The summed E-state index contributed by atoms with van der Waals surface area (Å²) < 4.78 is 64.8. The quantitative estimate of drug-likeness (QED) is 0.484. The van der Waals surface area contributed by atoms with Gasteiger partial charge in [0, 0.05) is 4.57 Å². The van der Waals surface area contributed by atoms with Crippen molar-refractivity contribution < 1.29 is 36.1 Å². The van der Waals surface area contributed by atoms with E-state index in [4.69, 9.17) is 14.2 Å². The highest BCUT2D eigenvalue weighted by Gasteiger charge is 2.33. The number of hydrogen-bond acceptors (Lipinski definition) is 5. The molecule has 7 nitrogen and oxygen atoms in total. The van der Waals surface area contributed by atoms with Crippen LogP contribution in [0.4, 0.5) is 4.39 Å². The molecule has 2 unspecified atom stereocenters. The summed E-state index contributed by atoms with van der Waals surface area (Å²) in [7, 11) is -7.73. The van der Waals surface area contributed by atoms with Crippen molar-refractivity contribution in [3.63, 3.8) is 0 Å². The largest absolute Gasteiger partial charge is 0.696 e. The lowest BCUT2D eigenvalue weighted by Crippen LogP contribution is -2.21. The van der Waals surface area contributed by atoms with Gasteiger partial charge < -0.3 is 4.74 Å². The smallest absolute Gasteiger partial charge is 0.457 e. The molecule has 2 atom stereocenters. The number of ether oxygens (including phenoxy) is 1. The van der Waals surface area contributed by atoms with Crippen LogP contribution >= 0.6 is 8.25 Å². The fourth-order valence-electron chi connectivity index (χ4n) is 2.23. The zero-order chi connectivity index (χ0) is 19.2. The van der Waals surface area contributed by atoms with Gasteiger partial charge in [0.1, 0.15) is 17.3 Å². The molecule has 0 heterocycles. The Labute approximate surface area is 151 Å². The fourth-order valence-corrected chi connectivity index (χ4v) is 3.66. The Bertz CT molecular complexity index is 855. The Kier molecular flexibility index (Phi) is 7.19. The number of rotatable bonds is 9. The highest BCUT2D eigenvalue weighted by Crippen LogP contribution is 2.26. The van der Waals surface area contributed by atoms with Gasteiger partial charge in [0.2, 0.25) is 5.44 Å². The average molecular weight is 403 g/mol. The third kappa shape index (κ3) is 6.78. The van der Waals surface area contributed by atoms with E-state index in [0.29, 0.717) is 17.9 Å². The minimum Gasteiger partial charge on any atom is -0.457 e. The van der Waals surface area contributed by atoms with Crippen molar-refractivity contribution in [3.05, 3.63) is 59.9 Å². The predicted molar refractivity (Wildman–Crippen MR) is 92.1 cm³/mol.